The van der Waals surface area contributed by atoms with Gasteiger partial charge in [-0.05, 0) is 31.5 Å². The van der Waals surface area contributed by atoms with Gasteiger partial charge in [0, 0.05) is 28.9 Å². The zero-order valence-electron chi connectivity index (χ0n) is 14.5. The molecule has 0 fully saturated rings. The summed E-state index contributed by atoms with van der Waals surface area (Å²) < 4.78 is 7.54. The van der Waals surface area contributed by atoms with Gasteiger partial charge in [-0.25, -0.2) is 0 Å². The van der Waals surface area contributed by atoms with Crippen molar-refractivity contribution in [3.63, 3.8) is 0 Å². The molecule has 7 heteroatoms. The summed E-state index contributed by atoms with van der Waals surface area (Å²) in [5.41, 5.74) is 2.20. The maximum absolute atomic E-state index is 12.0. The van der Waals surface area contributed by atoms with E-state index in [2.05, 4.69) is 20.3 Å². The predicted octanol–water partition coefficient (Wildman–Crippen LogP) is 3.68. The van der Waals surface area contributed by atoms with Crippen molar-refractivity contribution in [3.05, 3.63) is 60.2 Å². The van der Waals surface area contributed by atoms with Crippen LogP contribution in [0.1, 0.15) is 42.6 Å². The lowest BCUT2D eigenvalue weighted by atomic mass is 10.1. The van der Waals surface area contributed by atoms with E-state index in [1.165, 1.54) is 0 Å². The molecule has 7 nitrogen and oxygen atoms in total. The first-order valence-corrected chi connectivity index (χ1v) is 8.41. The number of carbonyl (C=O) groups excluding carboxylic acids is 1. The Kier molecular flexibility index (Phi) is 4.04. The van der Waals surface area contributed by atoms with Crippen LogP contribution in [-0.4, -0.2) is 30.7 Å². The number of hydrogen-bond acceptors (Lipinski definition) is 6. The molecule has 4 rings (SSSR count). The van der Waals surface area contributed by atoms with Crippen molar-refractivity contribution in [2.75, 3.05) is 0 Å². The Morgan fingerprint density at radius 3 is 2.81 bits per heavy atom. The van der Waals surface area contributed by atoms with Crippen molar-refractivity contribution in [2.45, 2.75) is 26.3 Å². The Labute approximate surface area is 149 Å². The summed E-state index contributed by atoms with van der Waals surface area (Å²) in [4.78, 5) is 16.5. The van der Waals surface area contributed by atoms with Gasteiger partial charge < -0.3 is 9.09 Å². The molecule has 0 aliphatic rings. The first-order chi connectivity index (χ1) is 12.7. The van der Waals surface area contributed by atoms with Crippen LogP contribution >= 0.6 is 0 Å². The third-order valence-electron chi connectivity index (χ3n) is 4.37. The molecule has 3 heterocycles. The normalized spacial score (nSPS) is 12.4. The molecule has 0 bridgehead atoms. The van der Waals surface area contributed by atoms with Gasteiger partial charge in [0.05, 0.1) is 0 Å². The largest absolute Gasteiger partial charge is 0.337 e. The number of para-hydroxylation sites is 1. The standard InChI is InChI=1S/C19H17N5O2/c1-3-16(19-21-18(23-26-19)15-8-6-10-20-22-15)24-11-14(12(2)25)13-7-4-5-9-17(13)24/h4-11,16H,3H2,1-2H3/t16-/m1/s1. The summed E-state index contributed by atoms with van der Waals surface area (Å²) in [6.07, 6.45) is 4.19. The molecule has 1 aromatic carbocycles. The predicted molar refractivity (Wildman–Crippen MR) is 95.7 cm³/mol. The minimum Gasteiger partial charge on any atom is -0.337 e. The van der Waals surface area contributed by atoms with Gasteiger partial charge in [-0.3, -0.25) is 4.79 Å². The highest BCUT2D eigenvalue weighted by Crippen LogP contribution is 2.30. The van der Waals surface area contributed by atoms with Gasteiger partial charge in [0.2, 0.25) is 11.7 Å². The second-order valence-electron chi connectivity index (χ2n) is 6.01. The van der Waals surface area contributed by atoms with E-state index in [1.54, 1.807) is 25.3 Å². The number of Topliss-reactive ketones (excluding diaryl/α,β-unsaturated/α-hetero) is 1. The maximum atomic E-state index is 12.0. The summed E-state index contributed by atoms with van der Waals surface area (Å²) >= 11 is 0. The Balaban J connectivity index is 1.81. The molecule has 3 aromatic heterocycles. The Morgan fingerprint density at radius 1 is 1.23 bits per heavy atom. The van der Waals surface area contributed by atoms with E-state index in [-0.39, 0.29) is 11.8 Å². The summed E-state index contributed by atoms with van der Waals surface area (Å²) in [7, 11) is 0. The Hall–Kier alpha value is -3.35. The van der Waals surface area contributed by atoms with Crippen LogP contribution in [0.5, 0.6) is 0 Å². The highest BCUT2D eigenvalue weighted by molar-refractivity contribution is 6.07. The van der Waals surface area contributed by atoms with Gasteiger partial charge >= 0.3 is 0 Å². The molecular formula is C19H17N5O2. The molecule has 130 valence electrons. The molecule has 0 spiro atoms. The average Bonchev–Trinajstić information content (AvgIpc) is 3.29. The number of ketones is 1. The topological polar surface area (TPSA) is 86.7 Å². The highest BCUT2D eigenvalue weighted by Gasteiger charge is 2.23. The lowest BCUT2D eigenvalue weighted by molar-refractivity contribution is 0.101. The van der Waals surface area contributed by atoms with Gasteiger partial charge in [-0.15, -0.1) is 5.10 Å². The summed E-state index contributed by atoms with van der Waals surface area (Å²) in [6.45, 7) is 3.62. The van der Waals surface area contributed by atoms with Crippen molar-refractivity contribution in [1.82, 2.24) is 24.9 Å². The summed E-state index contributed by atoms with van der Waals surface area (Å²) in [5.74, 6) is 0.902. The molecule has 0 aliphatic carbocycles. The number of carbonyl (C=O) groups is 1. The molecule has 4 aromatic rings. The average molecular weight is 347 g/mol. The molecule has 0 saturated carbocycles. The van der Waals surface area contributed by atoms with Crippen LogP contribution in [0.3, 0.4) is 0 Å². The zero-order valence-corrected chi connectivity index (χ0v) is 14.5. The second-order valence-corrected chi connectivity index (χ2v) is 6.01. The van der Waals surface area contributed by atoms with E-state index in [0.717, 1.165) is 17.3 Å². The molecule has 1 atom stereocenters. The van der Waals surface area contributed by atoms with E-state index in [9.17, 15) is 4.79 Å². The number of hydrogen-bond donors (Lipinski definition) is 0. The molecule has 0 aliphatic heterocycles. The maximum Gasteiger partial charge on any atom is 0.250 e. The van der Waals surface area contributed by atoms with Gasteiger partial charge in [0.15, 0.2) is 5.78 Å². The third-order valence-corrected chi connectivity index (χ3v) is 4.37. The van der Waals surface area contributed by atoms with Crippen LogP contribution in [0.2, 0.25) is 0 Å². The van der Waals surface area contributed by atoms with Crippen molar-refractivity contribution in [3.8, 4) is 11.5 Å². The van der Waals surface area contributed by atoms with Crippen LogP contribution in [0, 0.1) is 0 Å². The fourth-order valence-corrected chi connectivity index (χ4v) is 3.13. The SMILES string of the molecule is CC[C@H](c1nc(-c2cccnn2)no1)n1cc(C(C)=O)c2ccccc21. The number of benzene rings is 1. The van der Waals surface area contributed by atoms with Gasteiger partial charge in [-0.2, -0.15) is 10.1 Å². The quantitative estimate of drug-likeness (QED) is 0.512. The lowest BCUT2D eigenvalue weighted by Gasteiger charge is -2.14. The van der Waals surface area contributed by atoms with Gasteiger partial charge in [0.25, 0.3) is 0 Å². The Morgan fingerprint density at radius 2 is 2.08 bits per heavy atom. The van der Waals surface area contributed by atoms with E-state index >= 15 is 0 Å². The fourth-order valence-electron chi connectivity index (χ4n) is 3.13. The van der Waals surface area contributed by atoms with Crippen molar-refractivity contribution in [2.24, 2.45) is 0 Å². The van der Waals surface area contributed by atoms with Gasteiger partial charge in [-0.1, -0.05) is 30.3 Å². The van der Waals surface area contributed by atoms with Crippen LogP contribution in [0.15, 0.2) is 53.3 Å². The molecular weight excluding hydrogens is 330 g/mol. The zero-order chi connectivity index (χ0) is 18.1. The van der Waals surface area contributed by atoms with Crippen LogP contribution in [-0.2, 0) is 0 Å². The minimum absolute atomic E-state index is 0.0283. The lowest BCUT2D eigenvalue weighted by Crippen LogP contribution is -2.09. The van der Waals surface area contributed by atoms with Crippen LogP contribution in [0.4, 0.5) is 0 Å². The van der Waals surface area contributed by atoms with Crippen molar-refractivity contribution in [1.29, 1.82) is 0 Å². The monoisotopic (exact) mass is 347 g/mol. The third kappa shape index (κ3) is 2.67. The molecule has 0 unspecified atom stereocenters. The molecule has 0 amide bonds. The van der Waals surface area contributed by atoms with Crippen LogP contribution < -0.4 is 0 Å². The van der Waals surface area contributed by atoms with E-state index in [4.69, 9.17) is 4.52 Å². The number of aromatic nitrogens is 5. The Bertz CT molecular complexity index is 1070. The van der Waals surface area contributed by atoms with E-state index in [1.807, 2.05) is 42.0 Å². The van der Waals surface area contributed by atoms with E-state index in [0.29, 0.717) is 23.0 Å². The first kappa shape index (κ1) is 16.1. The number of nitrogens with zero attached hydrogens (tertiary/aromatic N) is 5. The molecule has 0 N–H and O–H groups in total. The summed E-state index contributed by atoms with van der Waals surface area (Å²) in [5, 5.41) is 12.8. The molecule has 0 saturated heterocycles. The number of rotatable bonds is 5. The number of fused-ring (bicyclic) bond motifs is 1. The second kappa shape index (κ2) is 6.51. The molecule has 0 radical (unpaired) electrons. The first-order valence-electron chi connectivity index (χ1n) is 8.41. The van der Waals surface area contributed by atoms with E-state index < -0.39 is 0 Å². The van der Waals surface area contributed by atoms with Crippen molar-refractivity contribution >= 4 is 16.7 Å². The fraction of sp³-hybridized carbons (Fsp3) is 0.211. The molecule has 26 heavy (non-hydrogen) atoms. The highest BCUT2D eigenvalue weighted by atomic mass is 16.5. The van der Waals surface area contributed by atoms with Gasteiger partial charge in [0.1, 0.15) is 11.7 Å². The summed E-state index contributed by atoms with van der Waals surface area (Å²) in [6, 6.07) is 11.2. The van der Waals surface area contributed by atoms with Crippen LogP contribution in [0.25, 0.3) is 22.4 Å². The smallest absolute Gasteiger partial charge is 0.250 e. The van der Waals surface area contributed by atoms with Crippen molar-refractivity contribution < 1.29 is 9.32 Å². The minimum atomic E-state index is -0.175.